The molecule has 1 saturated carbocycles. The lowest BCUT2D eigenvalue weighted by Crippen LogP contribution is -2.36. The van der Waals surface area contributed by atoms with E-state index in [1.807, 2.05) is 18.3 Å². The first-order valence-corrected chi connectivity index (χ1v) is 7.87. The van der Waals surface area contributed by atoms with Gasteiger partial charge in [0.25, 0.3) is 0 Å². The summed E-state index contributed by atoms with van der Waals surface area (Å²) in [6, 6.07) is 6.02. The van der Waals surface area contributed by atoms with Crippen molar-refractivity contribution in [2.75, 3.05) is 13.1 Å². The van der Waals surface area contributed by atoms with Gasteiger partial charge in [0.05, 0.1) is 5.69 Å². The maximum absolute atomic E-state index is 12.1. The fourth-order valence-corrected chi connectivity index (χ4v) is 3.09. The summed E-state index contributed by atoms with van der Waals surface area (Å²) in [6.07, 6.45) is 5.99. The standard InChI is InChI=1S/C17H26N2O/c1-3-14-8-9-17(20)15(11-14)12-19(4-2)13-16-7-5-6-10-18-16/h5-7,10,14-15H,3-4,8-9,11-13H2,1-2H3. The van der Waals surface area contributed by atoms with E-state index in [1.165, 1.54) is 6.42 Å². The lowest BCUT2D eigenvalue weighted by molar-refractivity contribution is -0.126. The highest BCUT2D eigenvalue weighted by Gasteiger charge is 2.28. The fourth-order valence-electron chi connectivity index (χ4n) is 3.09. The van der Waals surface area contributed by atoms with Crippen LogP contribution < -0.4 is 0 Å². The Hall–Kier alpha value is -1.22. The van der Waals surface area contributed by atoms with Crippen LogP contribution in [0.15, 0.2) is 24.4 Å². The van der Waals surface area contributed by atoms with Crippen molar-refractivity contribution in [3.63, 3.8) is 0 Å². The van der Waals surface area contributed by atoms with E-state index >= 15 is 0 Å². The second-order valence-corrected chi connectivity index (χ2v) is 5.86. The molecule has 0 aliphatic heterocycles. The summed E-state index contributed by atoms with van der Waals surface area (Å²) >= 11 is 0. The Bertz CT molecular complexity index is 418. The first-order valence-electron chi connectivity index (χ1n) is 7.87. The van der Waals surface area contributed by atoms with E-state index in [9.17, 15) is 4.79 Å². The molecule has 0 amide bonds. The normalized spacial score (nSPS) is 23.2. The number of aromatic nitrogens is 1. The van der Waals surface area contributed by atoms with Gasteiger partial charge in [-0.05, 0) is 37.4 Å². The molecule has 1 heterocycles. The van der Waals surface area contributed by atoms with Crippen molar-refractivity contribution in [3.8, 4) is 0 Å². The molecule has 110 valence electrons. The number of ketones is 1. The summed E-state index contributed by atoms with van der Waals surface area (Å²) in [5.41, 5.74) is 1.09. The highest BCUT2D eigenvalue weighted by atomic mass is 16.1. The van der Waals surface area contributed by atoms with Crippen LogP contribution in [-0.4, -0.2) is 28.8 Å². The zero-order valence-corrected chi connectivity index (χ0v) is 12.7. The first kappa shape index (κ1) is 15.2. The molecule has 0 aromatic carbocycles. The van der Waals surface area contributed by atoms with Gasteiger partial charge in [0.2, 0.25) is 0 Å². The average Bonchev–Trinajstić information content (AvgIpc) is 2.49. The Morgan fingerprint density at radius 3 is 2.85 bits per heavy atom. The summed E-state index contributed by atoms with van der Waals surface area (Å²) in [6.45, 7) is 7.11. The van der Waals surface area contributed by atoms with Gasteiger partial charge in [-0.2, -0.15) is 0 Å². The Balaban J connectivity index is 1.93. The molecule has 2 atom stereocenters. The summed E-state index contributed by atoms with van der Waals surface area (Å²) < 4.78 is 0. The molecule has 0 saturated heterocycles. The molecular weight excluding hydrogens is 248 g/mol. The van der Waals surface area contributed by atoms with Gasteiger partial charge in [-0.3, -0.25) is 14.7 Å². The molecule has 2 rings (SSSR count). The van der Waals surface area contributed by atoms with Crippen LogP contribution in [-0.2, 0) is 11.3 Å². The molecule has 1 aromatic rings. The van der Waals surface area contributed by atoms with Gasteiger partial charge in [-0.15, -0.1) is 0 Å². The monoisotopic (exact) mass is 274 g/mol. The number of carbonyl (C=O) groups excluding carboxylic acids is 1. The van der Waals surface area contributed by atoms with Crippen LogP contribution in [0.4, 0.5) is 0 Å². The minimum absolute atomic E-state index is 0.234. The smallest absolute Gasteiger partial charge is 0.137 e. The van der Waals surface area contributed by atoms with Crippen LogP contribution in [0, 0.1) is 11.8 Å². The highest BCUT2D eigenvalue weighted by Crippen LogP contribution is 2.29. The summed E-state index contributed by atoms with van der Waals surface area (Å²) in [5, 5.41) is 0. The Kier molecular flexibility index (Phi) is 5.72. The first-order chi connectivity index (χ1) is 9.72. The molecule has 1 aromatic heterocycles. The number of hydrogen-bond donors (Lipinski definition) is 0. The van der Waals surface area contributed by atoms with Crippen molar-refractivity contribution in [3.05, 3.63) is 30.1 Å². The molecule has 2 unspecified atom stereocenters. The largest absolute Gasteiger partial charge is 0.299 e. The van der Waals surface area contributed by atoms with Gasteiger partial charge in [-0.1, -0.05) is 26.3 Å². The van der Waals surface area contributed by atoms with E-state index in [4.69, 9.17) is 0 Å². The molecule has 3 heteroatoms. The Morgan fingerprint density at radius 1 is 1.35 bits per heavy atom. The van der Waals surface area contributed by atoms with Gasteiger partial charge in [-0.25, -0.2) is 0 Å². The maximum atomic E-state index is 12.1. The van der Waals surface area contributed by atoms with Gasteiger partial charge < -0.3 is 0 Å². The SMILES string of the molecule is CCC1CCC(=O)C(CN(CC)Cc2ccccn2)C1. The van der Waals surface area contributed by atoms with Crippen molar-refractivity contribution in [2.24, 2.45) is 11.8 Å². The molecule has 0 bridgehead atoms. The number of carbonyl (C=O) groups is 1. The molecule has 1 aliphatic carbocycles. The van der Waals surface area contributed by atoms with Crippen LogP contribution in [0.1, 0.15) is 45.2 Å². The molecule has 0 N–H and O–H groups in total. The number of pyridine rings is 1. The number of rotatable bonds is 6. The maximum Gasteiger partial charge on any atom is 0.137 e. The van der Waals surface area contributed by atoms with Crippen molar-refractivity contribution in [1.82, 2.24) is 9.88 Å². The number of Topliss-reactive ketones (excluding diaryl/α,β-unsaturated/α-hetero) is 1. The predicted molar refractivity (Wildman–Crippen MR) is 81.3 cm³/mol. The zero-order valence-electron chi connectivity index (χ0n) is 12.7. The summed E-state index contributed by atoms with van der Waals surface area (Å²) in [7, 11) is 0. The van der Waals surface area contributed by atoms with E-state index in [0.717, 1.165) is 50.5 Å². The summed E-state index contributed by atoms with van der Waals surface area (Å²) in [5.74, 6) is 1.44. The minimum Gasteiger partial charge on any atom is -0.299 e. The quantitative estimate of drug-likeness (QED) is 0.798. The molecule has 20 heavy (non-hydrogen) atoms. The molecule has 0 radical (unpaired) electrons. The minimum atomic E-state index is 0.234. The number of hydrogen-bond acceptors (Lipinski definition) is 3. The van der Waals surface area contributed by atoms with Gasteiger partial charge in [0.1, 0.15) is 5.78 Å². The van der Waals surface area contributed by atoms with Gasteiger partial charge >= 0.3 is 0 Å². The second-order valence-electron chi connectivity index (χ2n) is 5.86. The van der Waals surface area contributed by atoms with Crippen molar-refractivity contribution in [2.45, 2.75) is 46.1 Å². The Morgan fingerprint density at radius 2 is 2.20 bits per heavy atom. The third-order valence-electron chi connectivity index (χ3n) is 4.49. The lowest BCUT2D eigenvalue weighted by atomic mass is 9.79. The Labute approximate surface area is 122 Å². The third-order valence-corrected chi connectivity index (χ3v) is 4.49. The molecule has 3 nitrogen and oxygen atoms in total. The van der Waals surface area contributed by atoms with Gasteiger partial charge in [0, 0.05) is 31.6 Å². The van der Waals surface area contributed by atoms with E-state index < -0.39 is 0 Å². The molecule has 1 aliphatic rings. The predicted octanol–water partition coefficient (Wildman–Crippen LogP) is 3.30. The van der Waals surface area contributed by atoms with Gasteiger partial charge in [0.15, 0.2) is 0 Å². The van der Waals surface area contributed by atoms with E-state index in [1.54, 1.807) is 0 Å². The van der Waals surface area contributed by atoms with E-state index in [-0.39, 0.29) is 5.92 Å². The van der Waals surface area contributed by atoms with E-state index in [2.05, 4.69) is 29.8 Å². The average molecular weight is 274 g/mol. The van der Waals surface area contributed by atoms with Crippen LogP contribution in [0.3, 0.4) is 0 Å². The summed E-state index contributed by atoms with van der Waals surface area (Å²) in [4.78, 5) is 18.9. The number of nitrogens with zero attached hydrogens (tertiary/aromatic N) is 2. The van der Waals surface area contributed by atoms with Crippen molar-refractivity contribution in [1.29, 1.82) is 0 Å². The molecular formula is C17H26N2O. The lowest BCUT2D eigenvalue weighted by Gasteiger charge is -2.31. The third kappa shape index (κ3) is 4.14. The van der Waals surface area contributed by atoms with Crippen LogP contribution >= 0.6 is 0 Å². The van der Waals surface area contributed by atoms with E-state index in [0.29, 0.717) is 5.78 Å². The highest BCUT2D eigenvalue weighted by molar-refractivity contribution is 5.81. The van der Waals surface area contributed by atoms with Crippen LogP contribution in [0.25, 0.3) is 0 Å². The van der Waals surface area contributed by atoms with Crippen molar-refractivity contribution < 1.29 is 4.79 Å². The van der Waals surface area contributed by atoms with Crippen LogP contribution in [0.2, 0.25) is 0 Å². The van der Waals surface area contributed by atoms with Crippen molar-refractivity contribution >= 4 is 5.78 Å². The second kappa shape index (κ2) is 7.53. The fraction of sp³-hybridized carbons (Fsp3) is 0.647. The molecule has 0 spiro atoms. The topological polar surface area (TPSA) is 33.2 Å². The molecule has 1 fully saturated rings. The zero-order chi connectivity index (χ0) is 14.4. The van der Waals surface area contributed by atoms with Crippen LogP contribution in [0.5, 0.6) is 0 Å².